The van der Waals surface area contributed by atoms with Crippen LogP contribution >= 0.6 is 11.8 Å². The summed E-state index contributed by atoms with van der Waals surface area (Å²) in [4.78, 5) is 0.383. The van der Waals surface area contributed by atoms with Crippen LogP contribution in [0.2, 0.25) is 0 Å². The summed E-state index contributed by atoms with van der Waals surface area (Å²) >= 11 is 1.86. The summed E-state index contributed by atoms with van der Waals surface area (Å²) in [5.41, 5.74) is 0.713. The number of nitrogens with one attached hydrogen (secondary N) is 1. The van der Waals surface area contributed by atoms with Gasteiger partial charge in [0.1, 0.15) is 0 Å². The number of para-hydroxylation sites is 1. The predicted octanol–water partition coefficient (Wildman–Crippen LogP) is 3.04. The van der Waals surface area contributed by atoms with Crippen molar-refractivity contribution in [3.63, 3.8) is 0 Å². The van der Waals surface area contributed by atoms with Crippen molar-refractivity contribution in [1.82, 2.24) is 0 Å². The van der Waals surface area contributed by atoms with Crippen LogP contribution in [0.15, 0.2) is 29.2 Å². The summed E-state index contributed by atoms with van der Waals surface area (Å²) < 4.78 is 23.2. The number of sulfone groups is 1. The van der Waals surface area contributed by atoms with Gasteiger partial charge in [0.15, 0.2) is 9.84 Å². The zero-order valence-electron chi connectivity index (χ0n) is 11.0. The molecule has 0 aliphatic heterocycles. The number of thioether (sulfide) groups is 1. The smallest absolute Gasteiger partial charge is 0.177 e. The van der Waals surface area contributed by atoms with Gasteiger partial charge in [-0.05, 0) is 37.0 Å². The summed E-state index contributed by atoms with van der Waals surface area (Å²) in [7, 11) is -3.15. The minimum absolute atomic E-state index is 0.383. The molecule has 0 spiro atoms. The Labute approximate surface area is 114 Å². The molecular weight excluding hydrogens is 266 g/mol. The second-order valence-corrected chi connectivity index (χ2v) is 7.22. The molecule has 102 valence electrons. The number of hydrogen-bond acceptors (Lipinski definition) is 4. The van der Waals surface area contributed by atoms with Gasteiger partial charge in [-0.1, -0.05) is 18.6 Å². The van der Waals surface area contributed by atoms with E-state index in [2.05, 4.69) is 11.6 Å². The van der Waals surface area contributed by atoms with Crippen LogP contribution in [0.5, 0.6) is 0 Å². The van der Waals surface area contributed by atoms with Crippen molar-refractivity contribution in [2.75, 3.05) is 30.1 Å². The summed E-state index contributed by atoms with van der Waals surface area (Å²) in [6.07, 6.45) is 6.82. The Morgan fingerprint density at radius 1 is 1.17 bits per heavy atom. The number of rotatable bonds is 8. The molecule has 5 heteroatoms. The molecule has 1 aromatic carbocycles. The quantitative estimate of drug-likeness (QED) is 0.747. The highest BCUT2D eigenvalue weighted by Crippen LogP contribution is 2.20. The molecule has 1 rings (SSSR count). The summed E-state index contributed by atoms with van der Waals surface area (Å²) in [5.74, 6) is 1.19. The Morgan fingerprint density at radius 3 is 2.56 bits per heavy atom. The highest BCUT2D eigenvalue weighted by molar-refractivity contribution is 7.98. The van der Waals surface area contributed by atoms with E-state index in [1.807, 2.05) is 23.9 Å². The van der Waals surface area contributed by atoms with Gasteiger partial charge < -0.3 is 5.32 Å². The second kappa shape index (κ2) is 7.69. The fourth-order valence-corrected chi connectivity index (χ4v) is 3.07. The molecule has 0 aliphatic carbocycles. The normalized spacial score (nSPS) is 11.4. The Bertz CT molecular complexity index is 458. The predicted molar refractivity (Wildman–Crippen MR) is 80.3 cm³/mol. The van der Waals surface area contributed by atoms with Gasteiger partial charge in [-0.2, -0.15) is 11.8 Å². The van der Waals surface area contributed by atoms with Crippen LogP contribution in [0, 0.1) is 0 Å². The lowest BCUT2D eigenvalue weighted by atomic mass is 10.2. The van der Waals surface area contributed by atoms with E-state index in [0.717, 1.165) is 13.0 Å². The first-order chi connectivity index (χ1) is 8.55. The van der Waals surface area contributed by atoms with Crippen LogP contribution < -0.4 is 5.32 Å². The van der Waals surface area contributed by atoms with Crippen LogP contribution in [0.25, 0.3) is 0 Å². The molecule has 18 heavy (non-hydrogen) atoms. The van der Waals surface area contributed by atoms with Crippen LogP contribution in [0.4, 0.5) is 5.69 Å². The Hall–Kier alpha value is -0.680. The highest BCUT2D eigenvalue weighted by atomic mass is 32.2. The van der Waals surface area contributed by atoms with E-state index in [9.17, 15) is 8.42 Å². The lowest BCUT2D eigenvalue weighted by molar-refractivity contribution is 0.602. The molecule has 1 aromatic rings. The van der Waals surface area contributed by atoms with Crippen molar-refractivity contribution in [2.45, 2.75) is 24.2 Å². The van der Waals surface area contributed by atoms with Gasteiger partial charge in [0.2, 0.25) is 0 Å². The first-order valence-corrected chi connectivity index (χ1v) is 9.36. The van der Waals surface area contributed by atoms with E-state index in [4.69, 9.17) is 0 Å². The summed E-state index contributed by atoms with van der Waals surface area (Å²) in [5, 5.41) is 3.21. The fourth-order valence-electron chi connectivity index (χ4n) is 1.71. The van der Waals surface area contributed by atoms with Crippen LogP contribution in [-0.4, -0.2) is 33.2 Å². The van der Waals surface area contributed by atoms with E-state index < -0.39 is 9.84 Å². The van der Waals surface area contributed by atoms with Gasteiger partial charge in [-0.15, -0.1) is 0 Å². The zero-order valence-corrected chi connectivity index (χ0v) is 12.6. The minimum atomic E-state index is -3.15. The maximum absolute atomic E-state index is 11.6. The molecule has 0 heterocycles. The molecular formula is C13H21NO2S2. The van der Waals surface area contributed by atoms with Crippen LogP contribution in [0.1, 0.15) is 19.3 Å². The molecule has 0 radical (unpaired) electrons. The van der Waals surface area contributed by atoms with E-state index >= 15 is 0 Å². The standard InChI is InChI=1S/C13H21NO2S2/c1-17-11-7-3-6-10-14-12-8-4-5-9-13(12)18(2,15)16/h4-5,8-9,14H,3,6-7,10-11H2,1-2H3. The van der Waals surface area contributed by atoms with Crippen molar-refractivity contribution in [3.05, 3.63) is 24.3 Å². The summed E-state index contributed by atoms with van der Waals surface area (Å²) in [6.45, 7) is 0.820. The number of unbranched alkanes of at least 4 members (excludes halogenated alkanes) is 2. The van der Waals surface area contributed by atoms with Crippen LogP contribution in [0.3, 0.4) is 0 Å². The third-order valence-corrected chi connectivity index (χ3v) is 4.48. The Balaban J connectivity index is 2.48. The van der Waals surface area contributed by atoms with E-state index in [1.54, 1.807) is 12.1 Å². The lowest BCUT2D eigenvalue weighted by Gasteiger charge is -2.10. The first kappa shape index (κ1) is 15.4. The topological polar surface area (TPSA) is 46.2 Å². The maximum atomic E-state index is 11.6. The van der Waals surface area contributed by atoms with Crippen molar-refractivity contribution in [3.8, 4) is 0 Å². The van der Waals surface area contributed by atoms with Gasteiger partial charge in [-0.25, -0.2) is 8.42 Å². The van der Waals surface area contributed by atoms with Gasteiger partial charge >= 0.3 is 0 Å². The largest absolute Gasteiger partial charge is 0.384 e. The third kappa shape index (κ3) is 5.31. The zero-order chi connectivity index (χ0) is 13.4. The maximum Gasteiger partial charge on any atom is 0.177 e. The Morgan fingerprint density at radius 2 is 1.89 bits per heavy atom. The summed E-state index contributed by atoms with van der Waals surface area (Å²) in [6, 6.07) is 7.06. The van der Waals surface area contributed by atoms with Crippen molar-refractivity contribution in [2.24, 2.45) is 0 Å². The van der Waals surface area contributed by atoms with Crippen LogP contribution in [-0.2, 0) is 9.84 Å². The molecule has 3 nitrogen and oxygen atoms in total. The van der Waals surface area contributed by atoms with E-state index in [0.29, 0.717) is 10.6 Å². The molecule has 0 aliphatic rings. The molecule has 0 saturated heterocycles. The molecule has 0 saturated carbocycles. The monoisotopic (exact) mass is 287 g/mol. The lowest BCUT2D eigenvalue weighted by Crippen LogP contribution is -2.07. The molecule has 0 fully saturated rings. The first-order valence-electron chi connectivity index (χ1n) is 6.07. The number of anilines is 1. The van der Waals surface area contributed by atoms with Crippen molar-refractivity contribution >= 4 is 27.3 Å². The minimum Gasteiger partial charge on any atom is -0.384 e. The highest BCUT2D eigenvalue weighted by Gasteiger charge is 2.11. The molecule has 0 bridgehead atoms. The molecule has 0 amide bonds. The van der Waals surface area contributed by atoms with Crippen molar-refractivity contribution in [1.29, 1.82) is 0 Å². The molecule has 1 N–H and O–H groups in total. The van der Waals surface area contributed by atoms with E-state index in [-0.39, 0.29) is 0 Å². The fraction of sp³-hybridized carbons (Fsp3) is 0.538. The Kier molecular flexibility index (Phi) is 6.57. The molecule has 0 unspecified atom stereocenters. The number of benzene rings is 1. The van der Waals surface area contributed by atoms with Gasteiger partial charge in [0.25, 0.3) is 0 Å². The third-order valence-electron chi connectivity index (χ3n) is 2.63. The number of hydrogen-bond donors (Lipinski definition) is 1. The SMILES string of the molecule is CSCCCCCNc1ccccc1S(C)(=O)=O. The van der Waals surface area contributed by atoms with Gasteiger partial charge in [0.05, 0.1) is 10.6 Å². The molecule has 0 aromatic heterocycles. The molecule has 0 atom stereocenters. The second-order valence-electron chi connectivity index (χ2n) is 4.25. The average Bonchev–Trinajstić information content (AvgIpc) is 2.33. The van der Waals surface area contributed by atoms with Crippen molar-refractivity contribution < 1.29 is 8.42 Å². The van der Waals surface area contributed by atoms with Gasteiger partial charge in [-0.3, -0.25) is 0 Å². The van der Waals surface area contributed by atoms with Gasteiger partial charge in [0, 0.05) is 12.8 Å². The van der Waals surface area contributed by atoms with E-state index in [1.165, 1.54) is 24.9 Å². The average molecular weight is 287 g/mol.